The Labute approximate surface area is 221 Å². The van der Waals surface area contributed by atoms with E-state index in [9.17, 15) is 13.2 Å². The summed E-state index contributed by atoms with van der Waals surface area (Å²) in [6.07, 6.45) is 4.27. The SMILES string of the molecule is CCc1cccc2sc(N(Cc3ccccn3)C(=O)c3ccc(S(=O)(=O)N4CCC(C)CC4)cc3)nc12. The van der Waals surface area contributed by atoms with Crippen LogP contribution in [0.15, 0.2) is 71.8 Å². The molecule has 9 heteroatoms. The molecule has 0 aliphatic carbocycles. The molecule has 1 saturated heterocycles. The van der Waals surface area contributed by atoms with Crippen LogP contribution in [0.5, 0.6) is 0 Å². The van der Waals surface area contributed by atoms with Crippen molar-refractivity contribution in [2.75, 3.05) is 18.0 Å². The van der Waals surface area contributed by atoms with Gasteiger partial charge in [-0.3, -0.25) is 14.7 Å². The Balaban J connectivity index is 1.46. The number of carbonyl (C=O) groups excluding carboxylic acids is 1. The number of nitrogens with zero attached hydrogens (tertiary/aromatic N) is 4. The Hall–Kier alpha value is -3.14. The minimum absolute atomic E-state index is 0.211. The molecule has 0 N–H and O–H groups in total. The van der Waals surface area contributed by atoms with Crippen LogP contribution in [-0.4, -0.2) is 41.7 Å². The highest BCUT2D eigenvalue weighted by Gasteiger charge is 2.29. The van der Waals surface area contributed by atoms with Crippen molar-refractivity contribution in [1.29, 1.82) is 0 Å². The van der Waals surface area contributed by atoms with Gasteiger partial charge in [-0.25, -0.2) is 13.4 Å². The Bertz CT molecular complexity index is 1490. The molecule has 1 aliphatic heterocycles. The van der Waals surface area contributed by atoms with Crippen molar-refractivity contribution in [3.63, 3.8) is 0 Å². The fourth-order valence-electron chi connectivity index (χ4n) is 4.57. The van der Waals surface area contributed by atoms with E-state index < -0.39 is 10.0 Å². The highest BCUT2D eigenvalue weighted by atomic mass is 32.2. The Morgan fingerprint density at radius 3 is 2.49 bits per heavy atom. The predicted octanol–water partition coefficient (Wildman–Crippen LogP) is 5.52. The first-order valence-electron chi connectivity index (χ1n) is 12.6. The first-order valence-corrected chi connectivity index (χ1v) is 14.8. The third kappa shape index (κ3) is 5.30. The van der Waals surface area contributed by atoms with Gasteiger partial charge < -0.3 is 0 Å². The minimum Gasteiger partial charge on any atom is -0.278 e. The van der Waals surface area contributed by atoms with Crippen molar-refractivity contribution in [1.82, 2.24) is 14.3 Å². The monoisotopic (exact) mass is 534 g/mol. The van der Waals surface area contributed by atoms with E-state index in [1.165, 1.54) is 23.5 Å². The summed E-state index contributed by atoms with van der Waals surface area (Å²) >= 11 is 1.47. The van der Waals surface area contributed by atoms with Gasteiger partial charge in [0.05, 0.1) is 27.4 Å². The molecule has 0 radical (unpaired) electrons. The number of anilines is 1. The molecule has 5 rings (SSSR count). The Morgan fingerprint density at radius 2 is 1.81 bits per heavy atom. The quantitative estimate of drug-likeness (QED) is 0.312. The molecule has 2 aromatic heterocycles. The van der Waals surface area contributed by atoms with Crippen molar-refractivity contribution in [2.24, 2.45) is 5.92 Å². The van der Waals surface area contributed by atoms with Gasteiger partial charge in [0.15, 0.2) is 5.13 Å². The number of sulfonamides is 1. The van der Waals surface area contributed by atoms with Gasteiger partial charge in [0.25, 0.3) is 5.91 Å². The minimum atomic E-state index is -3.59. The summed E-state index contributed by atoms with van der Waals surface area (Å²) in [4.78, 5) is 24.9. The molecule has 0 bridgehead atoms. The summed E-state index contributed by atoms with van der Waals surface area (Å²) in [7, 11) is -3.59. The fourth-order valence-corrected chi connectivity index (χ4v) is 7.06. The second-order valence-electron chi connectivity index (χ2n) is 9.44. The maximum Gasteiger partial charge on any atom is 0.260 e. The van der Waals surface area contributed by atoms with Gasteiger partial charge >= 0.3 is 0 Å². The van der Waals surface area contributed by atoms with E-state index in [4.69, 9.17) is 4.98 Å². The molecular formula is C28H30N4O3S2. The molecule has 0 atom stereocenters. The summed E-state index contributed by atoms with van der Waals surface area (Å²) in [6, 6.07) is 17.9. The number of piperidine rings is 1. The van der Waals surface area contributed by atoms with Crippen LogP contribution in [-0.2, 0) is 23.0 Å². The molecular weight excluding hydrogens is 504 g/mol. The molecule has 1 amide bonds. The van der Waals surface area contributed by atoms with Crippen LogP contribution in [0.25, 0.3) is 10.2 Å². The highest BCUT2D eigenvalue weighted by molar-refractivity contribution is 7.89. The first kappa shape index (κ1) is 25.5. The van der Waals surface area contributed by atoms with Crippen LogP contribution in [0, 0.1) is 5.92 Å². The van der Waals surface area contributed by atoms with Crippen LogP contribution >= 0.6 is 11.3 Å². The highest BCUT2D eigenvalue weighted by Crippen LogP contribution is 2.33. The lowest BCUT2D eigenvalue weighted by Gasteiger charge is -2.29. The lowest BCUT2D eigenvalue weighted by Crippen LogP contribution is -2.37. The van der Waals surface area contributed by atoms with Gasteiger partial charge in [0, 0.05) is 24.8 Å². The van der Waals surface area contributed by atoms with Gasteiger partial charge in [0.2, 0.25) is 10.0 Å². The summed E-state index contributed by atoms with van der Waals surface area (Å²) < 4.78 is 28.9. The normalized spacial score (nSPS) is 15.2. The van der Waals surface area contributed by atoms with Crippen LogP contribution in [0.2, 0.25) is 0 Å². The maximum absolute atomic E-state index is 13.8. The number of para-hydroxylation sites is 1. The van der Waals surface area contributed by atoms with Gasteiger partial charge in [-0.05, 0) is 73.2 Å². The summed E-state index contributed by atoms with van der Waals surface area (Å²) in [5.41, 5.74) is 3.18. The lowest BCUT2D eigenvalue weighted by molar-refractivity contribution is 0.0984. The number of aromatic nitrogens is 2. The average molecular weight is 535 g/mol. The van der Waals surface area contributed by atoms with E-state index in [-0.39, 0.29) is 17.3 Å². The zero-order chi connectivity index (χ0) is 26.0. The van der Waals surface area contributed by atoms with Gasteiger partial charge in [-0.1, -0.05) is 43.4 Å². The van der Waals surface area contributed by atoms with Gasteiger partial charge in [0.1, 0.15) is 0 Å². The smallest absolute Gasteiger partial charge is 0.260 e. The number of hydrogen-bond acceptors (Lipinski definition) is 6. The average Bonchev–Trinajstić information content (AvgIpc) is 3.36. The molecule has 1 aliphatic rings. The zero-order valence-electron chi connectivity index (χ0n) is 21.0. The first-order chi connectivity index (χ1) is 17.9. The number of pyridine rings is 1. The Kier molecular flexibility index (Phi) is 7.37. The van der Waals surface area contributed by atoms with E-state index in [0.29, 0.717) is 29.7 Å². The molecule has 3 heterocycles. The second-order valence-corrected chi connectivity index (χ2v) is 12.4. The van der Waals surface area contributed by atoms with Crippen molar-refractivity contribution in [2.45, 2.75) is 44.6 Å². The number of benzene rings is 2. The fraction of sp³-hybridized carbons (Fsp3) is 0.321. The number of aryl methyl sites for hydroxylation is 1. The van der Waals surface area contributed by atoms with E-state index in [1.54, 1.807) is 27.5 Å². The van der Waals surface area contributed by atoms with Crippen molar-refractivity contribution < 1.29 is 13.2 Å². The topological polar surface area (TPSA) is 83.5 Å². The lowest BCUT2D eigenvalue weighted by atomic mass is 10.0. The summed E-state index contributed by atoms with van der Waals surface area (Å²) in [5.74, 6) is 0.283. The largest absolute Gasteiger partial charge is 0.278 e. The van der Waals surface area contributed by atoms with E-state index in [1.807, 2.05) is 30.3 Å². The van der Waals surface area contributed by atoms with E-state index in [2.05, 4.69) is 24.9 Å². The van der Waals surface area contributed by atoms with Gasteiger partial charge in [-0.15, -0.1) is 0 Å². The molecule has 0 spiro atoms. The summed E-state index contributed by atoms with van der Waals surface area (Å²) in [6.45, 7) is 5.55. The van der Waals surface area contributed by atoms with Crippen LogP contribution in [0.1, 0.15) is 48.3 Å². The maximum atomic E-state index is 13.8. The van der Waals surface area contributed by atoms with E-state index in [0.717, 1.165) is 40.7 Å². The van der Waals surface area contributed by atoms with Crippen molar-refractivity contribution >= 4 is 42.6 Å². The number of carbonyl (C=O) groups is 1. The second kappa shape index (κ2) is 10.7. The molecule has 0 saturated carbocycles. The molecule has 192 valence electrons. The predicted molar refractivity (Wildman–Crippen MR) is 147 cm³/mol. The number of amides is 1. The third-order valence-corrected chi connectivity index (χ3v) is 9.83. The zero-order valence-corrected chi connectivity index (χ0v) is 22.6. The molecule has 1 fully saturated rings. The number of rotatable bonds is 7. The summed E-state index contributed by atoms with van der Waals surface area (Å²) in [5, 5.41) is 0.589. The standard InChI is InChI=1S/C28H30N4O3S2/c1-3-21-7-6-9-25-26(21)30-28(36-25)32(19-23-8-4-5-16-29-23)27(33)22-10-12-24(13-11-22)37(34,35)31-17-14-20(2)15-18-31/h4-13,16,20H,3,14-15,17-19H2,1-2H3. The van der Waals surface area contributed by atoms with Gasteiger partial charge in [-0.2, -0.15) is 4.31 Å². The molecule has 37 heavy (non-hydrogen) atoms. The van der Waals surface area contributed by atoms with Crippen molar-refractivity contribution in [3.8, 4) is 0 Å². The molecule has 4 aromatic rings. The number of fused-ring (bicyclic) bond motifs is 1. The molecule has 2 aromatic carbocycles. The Morgan fingerprint density at radius 1 is 1.05 bits per heavy atom. The third-order valence-electron chi connectivity index (χ3n) is 6.88. The van der Waals surface area contributed by atoms with Crippen molar-refractivity contribution in [3.05, 3.63) is 83.7 Å². The van der Waals surface area contributed by atoms with Crippen LogP contribution < -0.4 is 4.90 Å². The van der Waals surface area contributed by atoms with Crippen LogP contribution in [0.4, 0.5) is 5.13 Å². The van der Waals surface area contributed by atoms with Crippen LogP contribution in [0.3, 0.4) is 0 Å². The molecule has 7 nitrogen and oxygen atoms in total. The molecule has 0 unspecified atom stereocenters. The van der Waals surface area contributed by atoms with E-state index >= 15 is 0 Å². The number of thiazole rings is 1. The number of hydrogen-bond donors (Lipinski definition) is 0.